The monoisotopic (exact) mass is 482 g/mol. The van der Waals surface area contributed by atoms with Crippen molar-refractivity contribution in [3.05, 3.63) is 36.2 Å². The fourth-order valence-electron chi connectivity index (χ4n) is 5.80. The van der Waals surface area contributed by atoms with Crippen molar-refractivity contribution in [3.63, 3.8) is 0 Å². The van der Waals surface area contributed by atoms with Crippen molar-refractivity contribution < 1.29 is 18.7 Å². The Morgan fingerprint density at radius 3 is 2.51 bits per heavy atom. The first-order valence-corrected chi connectivity index (χ1v) is 13.2. The van der Waals surface area contributed by atoms with Gasteiger partial charge in [-0.3, -0.25) is 14.5 Å². The van der Waals surface area contributed by atoms with E-state index in [4.69, 9.17) is 9.15 Å². The van der Waals surface area contributed by atoms with Crippen LogP contribution in [0.3, 0.4) is 0 Å². The Hall–Kier alpha value is -2.58. The number of furan rings is 1. The molecule has 0 spiro atoms. The molecule has 0 unspecified atom stereocenters. The van der Waals surface area contributed by atoms with Gasteiger partial charge in [0.25, 0.3) is 5.91 Å². The summed E-state index contributed by atoms with van der Waals surface area (Å²) < 4.78 is 13.1. The van der Waals surface area contributed by atoms with Gasteiger partial charge < -0.3 is 23.9 Å². The number of hydrogen-bond donors (Lipinski definition) is 1. The molecule has 4 heterocycles. The van der Waals surface area contributed by atoms with Gasteiger partial charge in [-0.2, -0.15) is 0 Å². The van der Waals surface area contributed by atoms with Gasteiger partial charge in [0, 0.05) is 32.2 Å². The van der Waals surface area contributed by atoms with Crippen molar-refractivity contribution in [2.24, 2.45) is 0 Å². The third kappa shape index (κ3) is 5.05. The topological polar surface area (TPSA) is 80.0 Å². The Bertz CT molecular complexity index is 1000. The number of hydrogen-bond acceptors (Lipinski definition) is 5. The maximum Gasteiger partial charge on any atom is 0.271 e. The molecule has 0 aromatic carbocycles. The molecule has 1 atom stereocenters. The molecule has 1 aliphatic carbocycles. The van der Waals surface area contributed by atoms with Crippen LogP contribution in [-0.2, 0) is 16.1 Å². The van der Waals surface area contributed by atoms with E-state index >= 15 is 0 Å². The zero-order valence-electron chi connectivity index (χ0n) is 20.8. The quantitative estimate of drug-likeness (QED) is 0.611. The average Bonchev–Trinajstić information content (AvgIpc) is 3.47. The first-order chi connectivity index (χ1) is 17.1. The van der Waals surface area contributed by atoms with E-state index in [-0.39, 0.29) is 17.9 Å². The van der Waals surface area contributed by atoms with Crippen LogP contribution in [0.15, 0.2) is 34.9 Å². The van der Waals surface area contributed by atoms with Gasteiger partial charge in [0.05, 0.1) is 31.7 Å². The molecule has 0 radical (unpaired) electrons. The lowest BCUT2D eigenvalue weighted by atomic mass is 9.93. The summed E-state index contributed by atoms with van der Waals surface area (Å²) in [4.78, 5) is 31.9. The summed E-state index contributed by atoms with van der Waals surface area (Å²) in [7, 11) is 0. The summed E-state index contributed by atoms with van der Waals surface area (Å²) >= 11 is 0. The zero-order chi connectivity index (χ0) is 24.3. The predicted molar refractivity (Wildman–Crippen MR) is 133 cm³/mol. The van der Waals surface area contributed by atoms with E-state index in [0.717, 1.165) is 70.6 Å². The Balaban J connectivity index is 1.39. The highest BCUT2D eigenvalue weighted by molar-refractivity contribution is 6.00. The number of carbonyl (C=O) groups is 2. The minimum Gasteiger partial charge on any atom is -0.463 e. The SMILES string of the molecule is C[C@@]1(C(=O)NC2CCCCCC2)Cn2c(ccc2-c2ccco2)C(=O)N1CCCN1CCOCC1. The van der Waals surface area contributed by atoms with Gasteiger partial charge in [0.1, 0.15) is 17.0 Å². The lowest BCUT2D eigenvalue weighted by Crippen LogP contribution is -2.65. The fourth-order valence-corrected chi connectivity index (χ4v) is 5.80. The van der Waals surface area contributed by atoms with E-state index < -0.39 is 5.54 Å². The highest BCUT2D eigenvalue weighted by Crippen LogP contribution is 2.34. The van der Waals surface area contributed by atoms with Crippen LogP contribution in [0.2, 0.25) is 0 Å². The molecule has 1 saturated carbocycles. The van der Waals surface area contributed by atoms with Gasteiger partial charge in [0.2, 0.25) is 5.91 Å². The second-order valence-corrected chi connectivity index (χ2v) is 10.4. The highest BCUT2D eigenvalue weighted by atomic mass is 16.5. The molecule has 0 bridgehead atoms. The molecule has 2 aliphatic heterocycles. The van der Waals surface area contributed by atoms with Crippen molar-refractivity contribution in [2.75, 3.05) is 39.4 Å². The first kappa shape index (κ1) is 24.1. The summed E-state index contributed by atoms with van der Waals surface area (Å²) in [6.45, 7) is 7.14. The van der Waals surface area contributed by atoms with Crippen molar-refractivity contribution in [3.8, 4) is 11.5 Å². The number of carbonyl (C=O) groups excluding carboxylic acids is 2. The number of fused-ring (bicyclic) bond motifs is 1. The standard InChI is InChI=1S/C27H38N4O4/c1-27(26(33)28-21-8-4-2-3-5-9-21)20-30-22(24-10-6-17-35-24)11-12-23(30)25(32)31(27)14-7-13-29-15-18-34-19-16-29/h6,10-12,17,21H,2-5,7-9,13-16,18-20H2,1H3,(H,28,33)/t27-/m0/s1. The lowest BCUT2D eigenvalue weighted by Gasteiger charge is -2.45. The summed E-state index contributed by atoms with van der Waals surface area (Å²) in [5.41, 5.74) is 0.476. The molecule has 1 N–H and O–H groups in total. The number of amides is 2. The van der Waals surface area contributed by atoms with E-state index in [1.54, 1.807) is 6.26 Å². The number of morpholine rings is 1. The molecule has 2 fully saturated rings. The molecule has 8 heteroatoms. The Labute approximate surface area is 207 Å². The van der Waals surface area contributed by atoms with E-state index in [0.29, 0.717) is 24.5 Å². The van der Waals surface area contributed by atoms with Crippen LogP contribution in [0.25, 0.3) is 11.5 Å². The second kappa shape index (κ2) is 10.6. The van der Waals surface area contributed by atoms with Crippen LogP contribution < -0.4 is 5.32 Å². The van der Waals surface area contributed by atoms with Crippen molar-refractivity contribution in [1.29, 1.82) is 0 Å². The van der Waals surface area contributed by atoms with E-state index in [9.17, 15) is 9.59 Å². The van der Waals surface area contributed by atoms with Gasteiger partial charge in [-0.1, -0.05) is 25.7 Å². The van der Waals surface area contributed by atoms with Gasteiger partial charge >= 0.3 is 0 Å². The minimum atomic E-state index is -0.970. The molecule has 8 nitrogen and oxygen atoms in total. The summed E-state index contributed by atoms with van der Waals surface area (Å²) in [5, 5.41) is 3.34. The Morgan fingerprint density at radius 2 is 1.80 bits per heavy atom. The molecule has 3 aliphatic rings. The molecule has 35 heavy (non-hydrogen) atoms. The average molecular weight is 483 g/mol. The molecule has 1 saturated heterocycles. The molecule has 2 aromatic rings. The Kier molecular flexibility index (Phi) is 7.29. The molecule has 5 rings (SSSR count). The van der Waals surface area contributed by atoms with Crippen LogP contribution >= 0.6 is 0 Å². The number of ether oxygens (including phenoxy) is 1. The maximum atomic E-state index is 13.9. The Morgan fingerprint density at radius 1 is 1.06 bits per heavy atom. The van der Waals surface area contributed by atoms with Crippen LogP contribution in [0.1, 0.15) is 62.4 Å². The second-order valence-electron chi connectivity index (χ2n) is 10.4. The largest absolute Gasteiger partial charge is 0.463 e. The summed E-state index contributed by atoms with van der Waals surface area (Å²) in [6.07, 6.45) is 9.24. The number of aromatic nitrogens is 1. The van der Waals surface area contributed by atoms with Crippen LogP contribution in [0.5, 0.6) is 0 Å². The van der Waals surface area contributed by atoms with Gasteiger partial charge in [-0.15, -0.1) is 0 Å². The van der Waals surface area contributed by atoms with Crippen LogP contribution in [-0.4, -0.2) is 77.2 Å². The molecule has 2 amide bonds. The predicted octanol–water partition coefficient (Wildman–Crippen LogP) is 3.52. The van der Waals surface area contributed by atoms with Crippen molar-refractivity contribution in [1.82, 2.24) is 19.7 Å². The van der Waals surface area contributed by atoms with Crippen LogP contribution in [0, 0.1) is 0 Å². The van der Waals surface area contributed by atoms with Crippen molar-refractivity contribution in [2.45, 2.75) is 70.0 Å². The summed E-state index contributed by atoms with van der Waals surface area (Å²) in [5.74, 6) is 0.569. The molecule has 2 aromatic heterocycles. The number of nitrogens with one attached hydrogen (secondary N) is 1. The fraction of sp³-hybridized carbons (Fsp3) is 0.630. The lowest BCUT2D eigenvalue weighted by molar-refractivity contribution is -0.133. The van der Waals surface area contributed by atoms with Gasteiger partial charge in [0.15, 0.2) is 0 Å². The van der Waals surface area contributed by atoms with E-state index in [2.05, 4.69) is 10.2 Å². The third-order valence-electron chi connectivity index (χ3n) is 7.92. The first-order valence-electron chi connectivity index (χ1n) is 13.2. The molecule has 190 valence electrons. The van der Waals surface area contributed by atoms with Gasteiger partial charge in [-0.05, 0) is 50.5 Å². The molecular formula is C27H38N4O4. The van der Waals surface area contributed by atoms with Gasteiger partial charge in [-0.25, -0.2) is 0 Å². The van der Waals surface area contributed by atoms with E-state index in [1.165, 1.54) is 12.8 Å². The third-order valence-corrected chi connectivity index (χ3v) is 7.92. The minimum absolute atomic E-state index is 0.0473. The van der Waals surface area contributed by atoms with E-state index in [1.807, 2.05) is 40.7 Å². The maximum absolute atomic E-state index is 13.9. The zero-order valence-corrected chi connectivity index (χ0v) is 20.8. The smallest absolute Gasteiger partial charge is 0.271 e. The summed E-state index contributed by atoms with van der Waals surface area (Å²) in [6, 6.07) is 7.70. The number of nitrogens with zero attached hydrogens (tertiary/aromatic N) is 3. The molecular weight excluding hydrogens is 444 g/mol. The number of rotatable bonds is 7. The van der Waals surface area contributed by atoms with Crippen molar-refractivity contribution >= 4 is 11.8 Å². The highest BCUT2D eigenvalue weighted by Gasteiger charge is 2.48. The van der Waals surface area contributed by atoms with Crippen LogP contribution in [0.4, 0.5) is 0 Å². The normalized spacial score (nSPS) is 24.3.